The second-order valence-corrected chi connectivity index (χ2v) is 8.75. The number of hydrogen-bond donors (Lipinski definition) is 2. The zero-order valence-corrected chi connectivity index (χ0v) is 20.4. The molecule has 0 spiro atoms. The third-order valence-electron chi connectivity index (χ3n) is 5.58. The van der Waals surface area contributed by atoms with Gasteiger partial charge in [-0.2, -0.15) is 0 Å². The van der Waals surface area contributed by atoms with Crippen molar-refractivity contribution < 1.29 is 29.0 Å². The highest BCUT2D eigenvalue weighted by Crippen LogP contribution is 2.40. The Hall–Kier alpha value is -2.97. The molecular weight excluding hydrogens is 483 g/mol. The smallest absolute Gasteiger partial charge is 0.397 e. The minimum Gasteiger partial charge on any atom is -0.507 e. The number of carbonyl (C=O) groups excluding carboxylic acids is 3. The topological polar surface area (TPSA) is 105 Å². The number of phenols is 1. The van der Waals surface area contributed by atoms with E-state index in [1.165, 1.54) is 36.8 Å². The van der Waals surface area contributed by atoms with Gasteiger partial charge in [0.05, 0.1) is 22.2 Å². The van der Waals surface area contributed by atoms with Crippen LogP contribution >= 0.6 is 23.2 Å². The van der Waals surface area contributed by atoms with Crippen LogP contribution in [0.4, 0.5) is 5.69 Å². The summed E-state index contributed by atoms with van der Waals surface area (Å²) in [6.07, 6.45) is 5.18. The number of carbonyl (C=O) groups is 3. The molecule has 0 heterocycles. The Morgan fingerprint density at radius 3 is 2.35 bits per heavy atom. The largest absolute Gasteiger partial charge is 0.507 e. The molecule has 2 aromatic carbocycles. The van der Waals surface area contributed by atoms with Crippen LogP contribution in [0.25, 0.3) is 0 Å². The van der Waals surface area contributed by atoms with Gasteiger partial charge in [0, 0.05) is 18.8 Å². The molecule has 0 aliphatic heterocycles. The number of benzene rings is 2. The molecule has 182 valence electrons. The monoisotopic (exact) mass is 508 g/mol. The number of halogens is 2. The number of aromatic hydroxyl groups is 1. The molecule has 34 heavy (non-hydrogen) atoms. The van der Waals surface area contributed by atoms with E-state index in [9.17, 15) is 19.5 Å². The number of nitrogens with one attached hydrogen (secondary N) is 1. The van der Waals surface area contributed by atoms with Gasteiger partial charge in [-0.1, -0.05) is 42.5 Å². The quantitative estimate of drug-likeness (QED) is 0.399. The van der Waals surface area contributed by atoms with Gasteiger partial charge in [0.25, 0.3) is 5.91 Å². The second-order valence-electron chi connectivity index (χ2n) is 7.93. The molecule has 1 aliphatic rings. The molecule has 0 saturated heterocycles. The Bertz CT molecular complexity index is 1060. The normalized spacial score (nSPS) is 13.8. The zero-order valence-electron chi connectivity index (χ0n) is 18.9. The lowest BCUT2D eigenvalue weighted by Crippen LogP contribution is -2.38. The lowest BCUT2D eigenvalue weighted by molar-refractivity contribution is -0.152. The minimum atomic E-state index is -1.03. The molecule has 0 radical (unpaired) electrons. The van der Waals surface area contributed by atoms with E-state index in [0.29, 0.717) is 0 Å². The van der Waals surface area contributed by atoms with Crippen LogP contribution in [0.2, 0.25) is 10.0 Å². The van der Waals surface area contributed by atoms with E-state index in [4.69, 9.17) is 27.9 Å². The average molecular weight is 509 g/mol. The lowest BCUT2D eigenvalue weighted by Gasteiger charge is -2.31. The summed E-state index contributed by atoms with van der Waals surface area (Å²) in [6.45, 7) is 1.65. The molecule has 0 bridgehead atoms. The number of hydrogen-bond acceptors (Lipinski definition) is 6. The molecule has 3 rings (SSSR count). The molecule has 1 fully saturated rings. The average Bonchev–Trinajstić information content (AvgIpc) is 2.82. The Balaban J connectivity index is 1.78. The third-order valence-corrected chi connectivity index (χ3v) is 6.14. The van der Waals surface area contributed by atoms with Crippen molar-refractivity contribution in [3.8, 4) is 17.2 Å². The van der Waals surface area contributed by atoms with Gasteiger partial charge in [0.1, 0.15) is 11.5 Å². The second kappa shape index (κ2) is 11.4. The van der Waals surface area contributed by atoms with Gasteiger partial charge in [-0.05, 0) is 50.1 Å². The van der Waals surface area contributed by atoms with Gasteiger partial charge >= 0.3 is 11.9 Å². The van der Waals surface area contributed by atoms with Gasteiger partial charge in [0.2, 0.25) is 0 Å². The Morgan fingerprint density at radius 1 is 1.09 bits per heavy atom. The summed E-state index contributed by atoms with van der Waals surface area (Å²) < 4.78 is 10.4. The van der Waals surface area contributed by atoms with Crippen molar-refractivity contribution in [2.45, 2.75) is 45.1 Å². The number of ether oxygens (including phenoxy) is 2. The summed E-state index contributed by atoms with van der Waals surface area (Å²) in [7, 11) is 1.74. The van der Waals surface area contributed by atoms with Crippen LogP contribution in [0.5, 0.6) is 17.2 Å². The van der Waals surface area contributed by atoms with E-state index in [1.54, 1.807) is 18.9 Å². The summed E-state index contributed by atoms with van der Waals surface area (Å²) in [4.78, 5) is 38.1. The van der Waals surface area contributed by atoms with Crippen LogP contribution in [0.3, 0.4) is 0 Å². The Morgan fingerprint density at radius 2 is 1.74 bits per heavy atom. The molecule has 8 nitrogen and oxygen atoms in total. The van der Waals surface area contributed by atoms with Crippen LogP contribution in [0.15, 0.2) is 30.3 Å². The summed E-state index contributed by atoms with van der Waals surface area (Å²) >= 11 is 12.6. The predicted octanol–water partition coefficient (Wildman–Crippen LogP) is 5.40. The minimum absolute atomic E-state index is 0.0620. The van der Waals surface area contributed by atoms with Crippen molar-refractivity contribution in [2.24, 2.45) is 0 Å². The number of anilines is 1. The summed E-state index contributed by atoms with van der Waals surface area (Å²) in [5.41, 5.74) is 0.284. The highest BCUT2D eigenvalue weighted by atomic mass is 35.5. The van der Waals surface area contributed by atoms with Gasteiger partial charge in [-0.15, -0.1) is 0 Å². The highest BCUT2D eigenvalue weighted by Gasteiger charge is 2.25. The molecule has 2 N–H and O–H groups in total. The van der Waals surface area contributed by atoms with Crippen LogP contribution in [0.1, 0.15) is 49.4 Å². The van der Waals surface area contributed by atoms with Gasteiger partial charge in [-0.25, -0.2) is 4.79 Å². The maximum Gasteiger partial charge on any atom is 0.397 e. The Labute approximate surface area is 207 Å². The molecule has 1 aliphatic carbocycles. The summed E-state index contributed by atoms with van der Waals surface area (Å²) in [5, 5.41) is 12.8. The molecular formula is C24H26Cl2N2O6. The highest BCUT2D eigenvalue weighted by molar-refractivity contribution is 6.39. The number of rotatable bonds is 6. The fourth-order valence-electron chi connectivity index (χ4n) is 3.80. The SMILES string of the molecule is CCOC(=O)C(=O)Nc1cc(Cl)c(Oc2ccc(O)c(C(=O)N(C)C3CCCCC3)c2)c(Cl)c1. The molecule has 0 aromatic heterocycles. The maximum atomic E-state index is 13.0. The van der Waals surface area contributed by atoms with Crippen molar-refractivity contribution in [3.05, 3.63) is 45.9 Å². The van der Waals surface area contributed by atoms with Crippen molar-refractivity contribution in [3.63, 3.8) is 0 Å². The van der Waals surface area contributed by atoms with Gasteiger partial charge in [-0.3, -0.25) is 9.59 Å². The maximum absolute atomic E-state index is 13.0. The van der Waals surface area contributed by atoms with Crippen LogP contribution in [-0.4, -0.2) is 47.5 Å². The lowest BCUT2D eigenvalue weighted by atomic mass is 9.94. The molecule has 0 atom stereocenters. The molecule has 2 amide bonds. The number of amides is 2. The van der Waals surface area contributed by atoms with Crippen LogP contribution in [-0.2, 0) is 14.3 Å². The van der Waals surface area contributed by atoms with Crippen molar-refractivity contribution >= 4 is 46.7 Å². The van der Waals surface area contributed by atoms with E-state index in [-0.39, 0.29) is 57.1 Å². The fourth-order valence-corrected chi connectivity index (χ4v) is 4.36. The number of nitrogens with zero attached hydrogens (tertiary/aromatic N) is 1. The van der Waals surface area contributed by atoms with E-state index in [2.05, 4.69) is 10.1 Å². The summed E-state index contributed by atoms with van der Waals surface area (Å²) in [5.74, 6) is -2.13. The van der Waals surface area contributed by atoms with Crippen LogP contribution < -0.4 is 10.1 Å². The van der Waals surface area contributed by atoms with Crippen molar-refractivity contribution in [2.75, 3.05) is 19.0 Å². The van der Waals surface area contributed by atoms with E-state index < -0.39 is 11.9 Å². The first-order valence-corrected chi connectivity index (χ1v) is 11.7. The van der Waals surface area contributed by atoms with Crippen molar-refractivity contribution in [1.29, 1.82) is 0 Å². The van der Waals surface area contributed by atoms with E-state index in [1.807, 2.05) is 0 Å². The van der Waals surface area contributed by atoms with Gasteiger partial charge in [0.15, 0.2) is 5.75 Å². The van der Waals surface area contributed by atoms with Gasteiger partial charge < -0.3 is 24.8 Å². The summed E-state index contributed by atoms with van der Waals surface area (Å²) in [6, 6.07) is 7.14. The molecule has 1 saturated carbocycles. The molecule has 0 unspecified atom stereocenters. The first kappa shape index (κ1) is 25.6. The molecule has 2 aromatic rings. The Kier molecular flexibility index (Phi) is 8.63. The predicted molar refractivity (Wildman–Crippen MR) is 129 cm³/mol. The number of esters is 1. The van der Waals surface area contributed by atoms with Crippen molar-refractivity contribution in [1.82, 2.24) is 4.90 Å². The first-order valence-electron chi connectivity index (χ1n) is 11.0. The number of phenolic OH excluding ortho intramolecular Hbond substituents is 1. The van der Waals surface area contributed by atoms with E-state index in [0.717, 1.165) is 25.7 Å². The van der Waals surface area contributed by atoms with Crippen LogP contribution in [0, 0.1) is 0 Å². The van der Waals surface area contributed by atoms with E-state index >= 15 is 0 Å². The zero-order chi connectivity index (χ0) is 24.8. The fraction of sp³-hybridized carbons (Fsp3) is 0.375. The first-order chi connectivity index (χ1) is 16.2. The molecule has 10 heteroatoms. The third kappa shape index (κ3) is 6.12. The standard InChI is InChI=1S/C24H26Cl2N2O6/c1-3-33-24(32)22(30)27-14-11-18(25)21(19(26)12-14)34-16-9-10-20(29)17(13-16)23(31)28(2)15-7-5-4-6-8-15/h9-13,15,29H,3-8H2,1-2H3,(H,27,30).